The van der Waals surface area contributed by atoms with Gasteiger partial charge in [0.05, 0.1) is 16.2 Å². The standard InChI is InChI=1S/C10H9ClN2O/c1-5-3-7(11)10(14)9-8(5)12-4-6(2)13-9/h3-4,14H,1-2H3. The summed E-state index contributed by atoms with van der Waals surface area (Å²) in [5.41, 5.74) is 2.83. The van der Waals surface area contributed by atoms with E-state index in [1.165, 1.54) is 0 Å². The number of phenolic OH excluding ortho intramolecular Hbond substituents is 1. The fourth-order valence-electron chi connectivity index (χ4n) is 1.37. The first-order valence-electron chi connectivity index (χ1n) is 4.21. The molecule has 0 spiro atoms. The van der Waals surface area contributed by atoms with Gasteiger partial charge in [0, 0.05) is 6.20 Å². The summed E-state index contributed by atoms with van der Waals surface area (Å²) in [6, 6.07) is 1.68. The number of aromatic nitrogens is 2. The lowest BCUT2D eigenvalue weighted by Crippen LogP contribution is -1.90. The number of benzene rings is 1. The maximum atomic E-state index is 9.67. The number of rotatable bonds is 0. The predicted molar refractivity (Wildman–Crippen MR) is 55.7 cm³/mol. The van der Waals surface area contributed by atoms with Gasteiger partial charge < -0.3 is 5.11 Å². The van der Waals surface area contributed by atoms with Crippen LogP contribution in [0.3, 0.4) is 0 Å². The molecule has 0 unspecified atom stereocenters. The summed E-state index contributed by atoms with van der Waals surface area (Å²) < 4.78 is 0. The zero-order chi connectivity index (χ0) is 10.3. The molecule has 0 aliphatic carbocycles. The third-order valence-corrected chi connectivity index (χ3v) is 2.35. The van der Waals surface area contributed by atoms with Gasteiger partial charge in [-0.15, -0.1) is 0 Å². The van der Waals surface area contributed by atoms with E-state index in [1.54, 1.807) is 12.3 Å². The molecule has 0 radical (unpaired) electrons. The van der Waals surface area contributed by atoms with E-state index in [1.807, 2.05) is 13.8 Å². The van der Waals surface area contributed by atoms with Crippen molar-refractivity contribution in [2.75, 3.05) is 0 Å². The molecule has 1 N–H and O–H groups in total. The first-order chi connectivity index (χ1) is 6.59. The number of fused-ring (bicyclic) bond motifs is 1. The van der Waals surface area contributed by atoms with Crippen LogP contribution in [0.4, 0.5) is 0 Å². The highest BCUT2D eigenvalue weighted by Crippen LogP contribution is 2.32. The van der Waals surface area contributed by atoms with Gasteiger partial charge in [-0.05, 0) is 25.5 Å². The van der Waals surface area contributed by atoms with Crippen molar-refractivity contribution >= 4 is 22.6 Å². The molecule has 0 aliphatic heterocycles. The molecule has 14 heavy (non-hydrogen) atoms. The first-order valence-corrected chi connectivity index (χ1v) is 4.59. The molecule has 4 heteroatoms. The van der Waals surface area contributed by atoms with Crippen molar-refractivity contribution in [1.82, 2.24) is 9.97 Å². The van der Waals surface area contributed by atoms with Crippen molar-refractivity contribution in [2.24, 2.45) is 0 Å². The van der Waals surface area contributed by atoms with Crippen molar-refractivity contribution < 1.29 is 5.11 Å². The highest BCUT2D eigenvalue weighted by Gasteiger charge is 2.09. The van der Waals surface area contributed by atoms with E-state index in [2.05, 4.69) is 9.97 Å². The van der Waals surface area contributed by atoms with Gasteiger partial charge in [0.1, 0.15) is 5.52 Å². The number of aryl methyl sites for hydroxylation is 2. The zero-order valence-corrected chi connectivity index (χ0v) is 8.63. The van der Waals surface area contributed by atoms with Gasteiger partial charge >= 0.3 is 0 Å². The number of phenols is 1. The zero-order valence-electron chi connectivity index (χ0n) is 7.87. The smallest absolute Gasteiger partial charge is 0.162 e. The van der Waals surface area contributed by atoms with Gasteiger partial charge in [0.15, 0.2) is 5.75 Å². The summed E-state index contributed by atoms with van der Waals surface area (Å²) >= 11 is 5.83. The van der Waals surface area contributed by atoms with Crippen molar-refractivity contribution in [3.63, 3.8) is 0 Å². The van der Waals surface area contributed by atoms with E-state index in [-0.39, 0.29) is 5.75 Å². The second-order valence-corrected chi connectivity index (χ2v) is 3.64. The molecular formula is C10H9ClN2O. The molecule has 2 rings (SSSR count). The van der Waals surface area contributed by atoms with Crippen LogP contribution in [0.1, 0.15) is 11.3 Å². The molecule has 0 saturated heterocycles. The summed E-state index contributed by atoms with van der Waals surface area (Å²) in [4.78, 5) is 8.40. The Balaban J connectivity index is 2.95. The van der Waals surface area contributed by atoms with Crippen LogP contribution in [-0.4, -0.2) is 15.1 Å². The fraction of sp³-hybridized carbons (Fsp3) is 0.200. The Morgan fingerprint density at radius 2 is 2.00 bits per heavy atom. The minimum Gasteiger partial charge on any atom is -0.504 e. The van der Waals surface area contributed by atoms with Crippen LogP contribution < -0.4 is 0 Å². The van der Waals surface area contributed by atoms with E-state index < -0.39 is 0 Å². The van der Waals surface area contributed by atoms with E-state index in [0.717, 1.165) is 11.3 Å². The predicted octanol–water partition coefficient (Wildman–Crippen LogP) is 2.61. The Morgan fingerprint density at radius 1 is 1.29 bits per heavy atom. The third kappa shape index (κ3) is 1.30. The molecule has 0 amide bonds. The molecule has 1 heterocycles. The largest absolute Gasteiger partial charge is 0.504 e. The summed E-state index contributed by atoms with van der Waals surface area (Å²) in [6.07, 6.45) is 1.67. The van der Waals surface area contributed by atoms with Crippen LogP contribution in [0.15, 0.2) is 12.3 Å². The van der Waals surface area contributed by atoms with Gasteiger partial charge in [-0.25, -0.2) is 4.98 Å². The van der Waals surface area contributed by atoms with Crippen molar-refractivity contribution in [3.05, 3.63) is 28.5 Å². The Labute approximate surface area is 86.4 Å². The maximum absolute atomic E-state index is 9.67. The molecule has 0 aliphatic rings. The van der Waals surface area contributed by atoms with E-state index in [9.17, 15) is 5.11 Å². The van der Waals surface area contributed by atoms with Gasteiger partial charge in [-0.3, -0.25) is 4.98 Å². The van der Waals surface area contributed by atoms with Crippen LogP contribution >= 0.6 is 11.6 Å². The van der Waals surface area contributed by atoms with Gasteiger partial charge in [-0.2, -0.15) is 0 Å². The summed E-state index contributed by atoms with van der Waals surface area (Å²) in [5.74, 6) is 0.00321. The Hall–Kier alpha value is -1.35. The number of hydrogen-bond donors (Lipinski definition) is 1. The van der Waals surface area contributed by atoms with Crippen LogP contribution in [0.2, 0.25) is 5.02 Å². The topological polar surface area (TPSA) is 46.0 Å². The van der Waals surface area contributed by atoms with Crippen LogP contribution in [0.25, 0.3) is 11.0 Å². The quantitative estimate of drug-likeness (QED) is 0.724. The minimum absolute atomic E-state index is 0.00321. The second kappa shape index (κ2) is 3.10. The molecule has 72 valence electrons. The first kappa shape index (κ1) is 9.21. The lowest BCUT2D eigenvalue weighted by atomic mass is 10.2. The normalized spacial score (nSPS) is 10.8. The SMILES string of the molecule is Cc1cnc2c(C)cc(Cl)c(O)c2n1. The molecule has 0 fully saturated rings. The summed E-state index contributed by atoms with van der Waals surface area (Å²) in [7, 11) is 0. The van der Waals surface area contributed by atoms with Crippen molar-refractivity contribution in [3.8, 4) is 5.75 Å². The number of nitrogens with zero attached hydrogens (tertiary/aromatic N) is 2. The molecule has 1 aromatic carbocycles. The van der Waals surface area contributed by atoms with Crippen molar-refractivity contribution in [2.45, 2.75) is 13.8 Å². The summed E-state index contributed by atoms with van der Waals surface area (Å²) in [6.45, 7) is 3.71. The number of halogens is 1. The van der Waals surface area contributed by atoms with E-state index in [0.29, 0.717) is 16.1 Å². The Morgan fingerprint density at radius 3 is 2.71 bits per heavy atom. The third-order valence-electron chi connectivity index (χ3n) is 2.06. The molecule has 2 aromatic rings. The van der Waals surface area contributed by atoms with Crippen LogP contribution in [0, 0.1) is 13.8 Å². The highest BCUT2D eigenvalue weighted by atomic mass is 35.5. The Kier molecular flexibility index (Phi) is 2.04. The second-order valence-electron chi connectivity index (χ2n) is 3.23. The van der Waals surface area contributed by atoms with Gasteiger partial charge in [0.25, 0.3) is 0 Å². The average molecular weight is 209 g/mol. The molecule has 0 saturated carbocycles. The van der Waals surface area contributed by atoms with Gasteiger partial charge in [0.2, 0.25) is 0 Å². The molecular weight excluding hydrogens is 200 g/mol. The minimum atomic E-state index is 0.00321. The van der Waals surface area contributed by atoms with E-state index >= 15 is 0 Å². The number of hydrogen-bond acceptors (Lipinski definition) is 3. The number of aromatic hydroxyl groups is 1. The van der Waals surface area contributed by atoms with E-state index in [4.69, 9.17) is 11.6 Å². The summed E-state index contributed by atoms with van der Waals surface area (Å²) in [5, 5.41) is 9.99. The Bertz CT molecular complexity index is 511. The van der Waals surface area contributed by atoms with Crippen molar-refractivity contribution in [1.29, 1.82) is 0 Å². The molecule has 3 nitrogen and oxygen atoms in total. The molecule has 0 atom stereocenters. The average Bonchev–Trinajstić information content (AvgIpc) is 2.14. The maximum Gasteiger partial charge on any atom is 0.162 e. The highest BCUT2D eigenvalue weighted by molar-refractivity contribution is 6.33. The van der Waals surface area contributed by atoms with Crippen LogP contribution in [-0.2, 0) is 0 Å². The van der Waals surface area contributed by atoms with Gasteiger partial charge in [-0.1, -0.05) is 11.6 Å². The lowest BCUT2D eigenvalue weighted by molar-refractivity contribution is 0.480. The molecule has 1 aromatic heterocycles. The molecule has 0 bridgehead atoms. The fourth-order valence-corrected chi connectivity index (χ4v) is 1.62. The van der Waals surface area contributed by atoms with Crippen LogP contribution in [0.5, 0.6) is 5.75 Å². The monoisotopic (exact) mass is 208 g/mol. The lowest BCUT2D eigenvalue weighted by Gasteiger charge is -2.05.